The summed E-state index contributed by atoms with van der Waals surface area (Å²) in [4.78, 5) is 12.8. The lowest BCUT2D eigenvalue weighted by Gasteiger charge is -2.27. The zero-order chi connectivity index (χ0) is 26.8. The zero-order valence-corrected chi connectivity index (χ0v) is 20.6. The van der Waals surface area contributed by atoms with E-state index in [0.29, 0.717) is 34.3 Å². The van der Waals surface area contributed by atoms with Crippen LogP contribution in [-0.2, 0) is 4.79 Å². The highest BCUT2D eigenvalue weighted by atomic mass is 16.6. The Balaban J connectivity index is 1.26. The van der Waals surface area contributed by atoms with Gasteiger partial charge in [0, 0.05) is 11.6 Å². The van der Waals surface area contributed by atoms with Crippen LogP contribution in [0.1, 0.15) is 17.0 Å². The van der Waals surface area contributed by atoms with Gasteiger partial charge in [-0.25, -0.2) is 4.79 Å². The number of allylic oxidation sites excluding steroid dienone is 1. The fourth-order valence-electron chi connectivity index (χ4n) is 4.54. The number of esters is 1. The van der Waals surface area contributed by atoms with Crippen molar-refractivity contribution in [3.8, 4) is 40.6 Å². The van der Waals surface area contributed by atoms with E-state index in [4.69, 9.17) is 29.4 Å². The van der Waals surface area contributed by atoms with Crippen LogP contribution in [0, 0.1) is 11.3 Å². The van der Waals surface area contributed by atoms with Crippen molar-refractivity contribution in [2.24, 2.45) is 5.73 Å². The Morgan fingerprint density at radius 3 is 2.44 bits per heavy atom. The number of fused-ring (bicyclic) bond motifs is 2. The summed E-state index contributed by atoms with van der Waals surface area (Å²) in [7, 11) is 0. The zero-order valence-electron chi connectivity index (χ0n) is 20.6. The molecule has 2 aliphatic rings. The third-order valence-corrected chi connectivity index (χ3v) is 6.35. The van der Waals surface area contributed by atoms with Gasteiger partial charge < -0.3 is 29.4 Å². The molecule has 39 heavy (non-hydrogen) atoms. The van der Waals surface area contributed by atoms with Gasteiger partial charge in [0.15, 0.2) is 11.5 Å². The maximum atomic E-state index is 12.8. The first-order valence-electron chi connectivity index (χ1n) is 12.2. The Kier molecular flexibility index (Phi) is 6.23. The molecule has 2 heterocycles. The molecule has 0 saturated heterocycles. The van der Waals surface area contributed by atoms with Gasteiger partial charge in [-0.15, -0.1) is 0 Å². The summed E-state index contributed by atoms with van der Waals surface area (Å²) in [6.07, 6.45) is -0.924. The number of para-hydroxylation sites is 3. The molecule has 0 fully saturated rings. The van der Waals surface area contributed by atoms with E-state index in [-0.39, 0.29) is 23.8 Å². The maximum absolute atomic E-state index is 12.8. The summed E-state index contributed by atoms with van der Waals surface area (Å²) >= 11 is 0. The van der Waals surface area contributed by atoms with Crippen molar-refractivity contribution in [1.82, 2.24) is 0 Å². The average Bonchev–Trinajstić information content (AvgIpc) is 2.96. The van der Waals surface area contributed by atoms with Gasteiger partial charge in [0.25, 0.3) is 0 Å². The van der Waals surface area contributed by atoms with Crippen molar-refractivity contribution in [2.75, 3.05) is 6.61 Å². The Hall–Kier alpha value is -5.42. The van der Waals surface area contributed by atoms with Crippen molar-refractivity contribution >= 4 is 5.97 Å². The normalized spacial score (nSPS) is 17.3. The van der Waals surface area contributed by atoms with Gasteiger partial charge >= 0.3 is 5.97 Å². The first-order chi connectivity index (χ1) is 19.1. The number of nitriles is 1. The molecule has 4 aromatic carbocycles. The molecular formula is C31H22N2O6. The van der Waals surface area contributed by atoms with Gasteiger partial charge in [0.1, 0.15) is 41.2 Å². The predicted octanol–water partition coefficient (Wildman–Crippen LogP) is 5.44. The molecule has 0 aliphatic carbocycles. The van der Waals surface area contributed by atoms with E-state index in [0.717, 1.165) is 5.56 Å². The van der Waals surface area contributed by atoms with Gasteiger partial charge in [-0.05, 0) is 48.0 Å². The van der Waals surface area contributed by atoms with Crippen LogP contribution < -0.4 is 29.4 Å². The van der Waals surface area contributed by atoms with Gasteiger partial charge in [0.2, 0.25) is 12.0 Å². The Bertz CT molecular complexity index is 1630. The fraction of sp³-hybridized carbons (Fsp3) is 0.0968. The number of hydrogen-bond acceptors (Lipinski definition) is 8. The summed E-state index contributed by atoms with van der Waals surface area (Å²) < 4.78 is 28.7. The number of rotatable bonds is 5. The molecule has 6 rings (SSSR count). The van der Waals surface area contributed by atoms with Crippen molar-refractivity contribution in [1.29, 1.82) is 5.26 Å². The van der Waals surface area contributed by atoms with Gasteiger partial charge in [-0.1, -0.05) is 48.5 Å². The molecule has 4 aromatic rings. The summed E-state index contributed by atoms with van der Waals surface area (Å²) in [6.45, 7) is 0.0297. The number of nitrogens with zero attached hydrogens (tertiary/aromatic N) is 1. The smallest absolute Gasteiger partial charge is 0.356 e. The van der Waals surface area contributed by atoms with Crippen molar-refractivity contribution < 1.29 is 28.5 Å². The molecule has 0 radical (unpaired) electrons. The predicted molar refractivity (Wildman–Crippen MR) is 141 cm³/mol. The highest BCUT2D eigenvalue weighted by Crippen LogP contribution is 2.44. The molecular weight excluding hydrogens is 496 g/mol. The van der Waals surface area contributed by atoms with Crippen molar-refractivity contribution in [3.05, 3.63) is 120 Å². The molecule has 2 N–H and O–H groups in total. The van der Waals surface area contributed by atoms with E-state index >= 15 is 0 Å². The van der Waals surface area contributed by atoms with Crippen LogP contribution in [-0.4, -0.2) is 18.7 Å². The molecule has 2 atom stereocenters. The van der Waals surface area contributed by atoms with Crippen LogP contribution >= 0.6 is 0 Å². The highest BCUT2D eigenvalue weighted by molar-refractivity contribution is 5.78. The van der Waals surface area contributed by atoms with Crippen LogP contribution in [0.4, 0.5) is 0 Å². The Morgan fingerprint density at radius 2 is 1.62 bits per heavy atom. The number of hydrogen-bond donors (Lipinski definition) is 1. The molecule has 0 bridgehead atoms. The molecule has 192 valence electrons. The first kappa shape index (κ1) is 23.9. The molecule has 8 heteroatoms. The quantitative estimate of drug-likeness (QED) is 0.274. The van der Waals surface area contributed by atoms with E-state index in [1.165, 1.54) is 0 Å². The Morgan fingerprint density at radius 1 is 0.846 bits per heavy atom. The number of nitrogens with two attached hydrogens (primary N) is 1. The lowest BCUT2D eigenvalue weighted by Crippen LogP contribution is -2.39. The van der Waals surface area contributed by atoms with Gasteiger partial charge in [-0.2, -0.15) is 5.26 Å². The number of benzene rings is 4. The van der Waals surface area contributed by atoms with Gasteiger partial charge in [-0.3, -0.25) is 0 Å². The van der Waals surface area contributed by atoms with Crippen LogP contribution in [0.3, 0.4) is 0 Å². The van der Waals surface area contributed by atoms with Crippen LogP contribution in [0.25, 0.3) is 0 Å². The standard InChI is InChI=1S/C31H22N2O6/c32-17-24-29(19-7-6-10-21(15-19)36-20-8-2-1-3-9-20)23-14-13-22(16-27(23)39-30(24)33)37-31(34)28-18-35-25-11-4-5-12-26(25)38-28/h1-16,28-29H,18,33H2. The highest BCUT2D eigenvalue weighted by Gasteiger charge is 2.33. The van der Waals surface area contributed by atoms with Crippen LogP contribution in [0.2, 0.25) is 0 Å². The second-order valence-corrected chi connectivity index (χ2v) is 8.90. The van der Waals surface area contributed by atoms with Crippen molar-refractivity contribution in [3.63, 3.8) is 0 Å². The maximum Gasteiger partial charge on any atom is 0.356 e. The molecule has 0 saturated carbocycles. The molecule has 8 nitrogen and oxygen atoms in total. The Labute approximate surface area is 224 Å². The monoisotopic (exact) mass is 518 g/mol. The second kappa shape index (κ2) is 10.1. The average molecular weight is 519 g/mol. The lowest BCUT2D eigenvalue weighted by atomic mass is 9.83. The van der Waals surface area contributed by atoms with Gasteiger partial charge in [0.05, 0.1) is 5.92 Å². The summed E-state index contributed by atoms with van der Waals surface area (Å²) in [5.41, 5.74) is 7.93. The minimum atomic E-state index is -0.924. The lowest BCUT2D eigenvalue weighted by molar-refractivity contribution is -0.144. The molecule has 2 unspecified atom stereocenters. The molecule has 0 spiro atoms. The minimum absolute atomic E-state index is 0.0199. The largest absolute Gasteiger partial charge is 0.485 e. The molecule has 0 amide bonds. The third kappa shape index (κ3) is 4.81. The first-order valence-corrected chi connectivity index (χ1v) is 12.2. The number of carbonyl (C=O) groups is 1. The van der Waals surface area contributed by atoms with E-state index in [1.54, 1.807) is 36.4 Å². The number of carbonyl (C=O) groups excluding carboxylic acids is 1. The summed E-state index contributed by atoms with van der Waals surface area (Å²) in [5.74, 6) is 1.85. The summed E-state index contributed by atoms with van der Waals surface area (Å²) in [5, 5.41) is 9.92. The van der Waals surface area contributed by atoms with E-state index < -0.39 is 18.0 Å². The third-order valence-electron chi connectivity index (χ3n) is 6.35. The SMILES string of the molecule is N#CC1=C(N)Oc2cc(OC(=O)C3COc4ccccc4O3)ccc2C1c1cccc(Oc2ccccc2)c1. The van der Waals surface area contributed by atoms with Crippen molar-refractivity contribution in [2.45, 2.75) is 12.0 Å². The van der Waals surface area contributed by atoms with Crippen LogP contribution in [0.15, 0.2) is 109 Å². The van der Waals surface area contributed by atoms with E-state index in [9.17, 15) is 10.1 Å². The van der Waals surface area contributed by atoms with Crippen LogP contribution in [0.5, 0.6) is 34.5 Å². The number of ether oxygens (including phenoxy) is 5. The fourth-order valence-corrected chi connectivity index (χ4v) is 4.54. The van der Waals surface area contributed by atoms with E-state index in [1.807, 2.05) is 60.7 Å². The summed E-state index contributed by atoms with van der Waals surface area (Å²) in [6, 6.07) is 31.1. The minimum Gasteiger partial charge on any atom is -0.485 e. The second-order valence-electron chi connectivity index (χ2n) is 8.90. The van der Waals surface area contributed by atoms with E-state index in [2.05, 4.69) is 6.07 Å². The topological polar surface area (TPSA) is 113 Å². The molecule has 2 aliphatic heterocycles. The molecule has 0 aromatic heterocycles.